The number of carbonyl (C=O) groups excluding carboxylic acids is 1. The average Bonchev–Trinajstić information content (AvgIpc) is 2.90. The van der Waals surface area contributed by atoms with Crippen LogP contribution in [0.15, 0.2) is 12.1 Å². The lowest BCUT2D eigenvalue weighted by atomic mass is 9.93. The van der Waals surface area contributed by atoms with Gasteiger partial charge in [0.15, 0.2) is 0 Å². The van der Waals surface area contributed by atoms with Gasteiger partial charge in [-0.25, -0.2) is 8.78 Å². The quantitative estimate of drug-likeness (QED) is 0.779. The number of aliphatic hydroxyl groups excluding tert-OH is 1. The molecule has 2 aliphatic heterocycles. The molecule has 156 valence electrons. The summed E-state index contributed by atoms with van der Waals surface area (Å²) in [6, 6.07) is 2.11. The summed E-state index contributed by atoms with van der Waals surface area (Å²) in [5.74, 6) is -4.72. The second-order valence-corrected chi connectivity index (χ2v) is 7.83. The third-order valence-corrected chi connectivity index (χ3v) is 5.51. The molecule has 0 bridgehead atoms. The van der Waals surface area contributed by atoms with Gasteiger partial charge in [0.1, 0.15) is 0 Å². The van der Waals surface area contributed by atoms with E-state index in [4.69, 9.17) is 5.11 Å². The summed E-state index contributed by atoms with van der Waals surface area (Å²) in [4.78, 5) is 15.3. The van der Waals surface area contributed by atoms with Crippen LogP contribution in [-0.4, -0.2) is 52.5 Å². The fourth-order valence-corrected chi connectivity index (χ4v) is 3.92. The third kappa shape index (κ3) is 3.87. The first kappa shape index (κ1) is 21.0. The van der Waals surface area contributed by atoms with Crippen molar-refractivity contribution in [3.05, 3.63) is 34.4 Å². The zero-order valence-corrected chi connectivity index (χ0v) is 15.7. The number of halogens is 5. The Hall–Kier alpha value is -1.74. The molecule has 1 aromatic rings. The number of fused-ring (bicyclic) bond motifs is 1. The van der Waals surface area contributed by atoms with E-state index in [2.05, 4.69) is 0 Å². The Labute approximate surface area is 159 Å². The van der Waals surface area contributed by atoms with Crippen LogP contribution >= 0.6 is 0 Å². The Morgan fingerprint density at radius 2 is 1.96 bits per heavy atom. The number of amides is 1. The van der Waals surface area contributed by atoms with E-state index in [1.54, 1.807) is 13.8 Å². The highest BCUT2D eigenvalue weighted by molar-refractivity contribution is 5.99. The summed E-state index contributed by atoms with van der Waals surface area (Å²) >= 11 is 0. The summed E-state index contributed by atoms with van der Waals surface area (Å²) in [6.07, 6.45) is -4.58. The molecular weight excluding hydrogens is 383 g/mol. The Morgan fingerprint density at radius 1 is 1.29 bits per heavy atom. The molecule has 28 heavy (non-hydrogen) atoms. The number of alkyl halides is 5. The second kappa shape index (κ2) is 7.26. The van der Waals surface area contributed by atoms with Gasteiger partial charge in [-0.15, -0.1) is 0 Å². The fraction of sp³-hybridized carbons (Fsp3) is 0.632. The first-order valence-electron chi connectivity index (χ1n) is 9.19. The zero-order chi connectivity index (χ0) is 20.9. The van der Waals surface area contributed by atoms with E-state index in [-0.39, 0.29) is 48.8 Å². The summed E-state index contributed by atoms with van der Waals surface area (Å²) in [5, 5.41) is 9.07. The van der Waals surface area contributed by atoms with E-state index in [0.717, 1.165) is 6.07 Å². The van der Waals surface area contributed by atoms with Gasteiger partial charge < -0.3 is 10.0 Å². The van der Waals surface area contributed by atoms with E-state index in [1.165, 1.54) is 15.9 Å². The van der Waals surface area contributed by atoms with Crippen LogP contribution in [0, 0.1) is 5.92 Å². The van der Waals surface area contributed by atoms with Crippen molar-refractivity contribution in [2.24, 2.45) is 5.92 Å². The molecule has 0 aromatic heterocycles. The zero-order valence-electron chi connectivity index (χ0n) is 15.7. The van der Waals surface area contributed by atoms with Crippen molar-refractivity contribution in [3.63, 3.8) is 0 Å². The smallest absolute Gasteiger partial charge is 0.396 e. The minimum Gasteiger partial charge on any atom is -0.396 e. The third-order valence-electron chi connectivity index (χ3n) is 5.51. The van der Waals surface area contributed by atoms with Crippen LogP contribution in [0.5, 0.6) is 0 Å². The lowest BCUT2D eigenvalue weighted by Crippen LogP contribution is -2.49. The molecular formula is C19H23F5N2O2. The van der Waals surface area contributed by atoms with Gasteiger partial charge in [0.2, 0.25) is 0 Å². The number of piperidine rings is 1. The lowest BCUT2D eigenvalue weighted by molar-refractivity contribution is -0.138. The first-order chi connectivity index (χ1) is 12.9. The molecule has 9 heteroatoms. The molecule has 2 aliphatic rings. The van der Waals surface area contributed by atoms with Crippen LogP contribution in [0.25, 0.3) is 0 Å². The van der Waals surface area contributed by atoms with E-state index in [1.807, 2.05) is 0 Å². The Bertz CT molecular complexity index is 763. The van der Waals surface area contributed by atoms with E-state index in [0.29, 0.717) is 0 Å². The molecule has 0 aliphatic carbocycles. The van der Waals surface area contributed by atoms with Crippen molar-refractivity contribution in [2.45, 2.75) is 51.5 Å². The summed E-state index contributed by atoms with van der Waals surface area (Å²) in [7, 11) is 0. The van der Waals surface area contributed by atoms with Crippen LogP contribution in [0.3, 0.4) is 0 Å². The maximum Gasteiger partial charge on any atom is 0.416 e. The number of carbonyl (C=O) groups is 1. The predicted molar refractivity (Wildman–Crippen MR) is 91.9 cm³/mol. The highest BCUT2D eigenvalue weighted by atomic mass is 19.4. The number of hydrogen-bond donors (Lipinski definition) is 1. The highest BCUT2D eigenvalue weighted by Crippen LogP contribution is 2.39. The fourth-order valence-electron chi connectivity index (χ4n) is 3.92. The molecule has 0 spiro atoms. The Kier molecular flexibility index (Phi) is 5.44. The second-order valence-electron chi connectivity index (χ2n) is 7.83. The molecule has 1 fully saturated rings. The topological polar surface area (TPSA) is 43.8 Å². The Morgan fingerprint density at radius 3 is 2.50 bits per heavy atom. The van der Waals surface area contributed by atoms with Gasteiger partial charge in [0, 0.05) is 30.6 Å². The number of nitrogens with zero attached hydrogens (tertiary/aromatic N) is 2. The minimum atomic E-state index is -4.64. The van der Waals surface area contributed by atoms with E-state index >= 15 is 0 Å². The van der Waals surface area contributed by atoms with Crippen molar-refractivity contribution in [1.82, 2.24) is 9.80 Å². The SMILES string of the molecule is CC(C)N1Cc2c(cc(CN3CCC(CO)C(F)(F)C3)cc2C(F)(F)F)C1=O. The van der Waals surface area contributed by atoms with E-state index < -0.39 is 42.6 Å². The first-order valence-corrected chi connectivity index (χ1v) is 9.19. The van der Waals surface area contributed by atoms with Gasteiger partial charge in [0.25, 0.3) is 11.8 Å². The van der Waals surface area contributed by atoms with Gasteiger partial charge >= 0.3 is 6.18 Å². The molecule has 0 saturated carbocycles. The van der Waals surface area contributed by atoms with Gasteiger partial charge in [0.05, 0.1) is 18.7 Å². The molecule has 1 aromatic carbocycles. The Balaban J connectivity index is 1.91. The number of rotatable bonds is 4. The van der Waals surface area contributed by atoms with Gasteiger partial charge in [-0.3, -0.25) is 9.69 Å². The highest BCUT2D eigenvalue weighted by Gasteiger charge is 2.45. The van der Waals surface area contributed by atoms with Crippen LogP contribution in [-0.2, 0) is 19.3 Å². The average molecular weight is 406 g/mol. The molecule has 1 unspecified atom stereocenters. The number of benzene rings is 1. The van der Waals surface area contributed by atoms with Crippen LogP contribution < -0.4 is 0 Å². The van der Waals surface area contributed by atoms with Crippen molar-refractivity contribution in [3.8, 4) is 0 Å². The molecule has 1 amide bonds. The predicted octanol–water partition coefficient (Wildman–Crippen LogP) is 3.52. The molecule has 3 rings (SSSR count). The van der Waals surface area contributed by atoms with Crippen LogP contribution in [0.4, 0.5) is 22.0 Å². The largest absolute Gasteiger partial charge is 0.416 e. The van der Waals surface area contributed by atoms with Gasteiger partial charge in [-0.1, -0.05) is 0 Å². The maximum absolute atomic E-state index is 14.1. The lowest BCUT2D eigenvalue weighted by Gasteiger charge is -2.37. The van der Waals surface area contributed by atoms with Gasteiger partial charge in [-0.2, -0.15) is 13.2 Å². The normalized spacial score (nSPS) is 22.8. The summed E-state index contributed by atoms with van der Waals surface area (Å²) in [6.45, 7) is 2.21. The standard InChI is InChI=1S/C19H23F5N2O2/c1-11(2)26-8-15-14(17(26)28)5-12(6-16(15)19(22,23)24)7-25-4-3-13(9-27)18(20,21)10-25/h5-6,11,13,27H,3-4,7-10H2,1-2H3. The molecule has 2 heterocycles. The molecule has 1 N–H and O–H groups in total. The van der Waals surface area contributed by atoms with E-state index in [9.17, 15) is 26.7 Å². The molecule has 1 atom stereocenters. The summed E-state index contributed by atoms with van der Waals surface area (Å²) < 4.78 is 68.9. The molecule has 0 radical (unpaired) electrons. The van der Waals surface area contributed by atoms with Crippen LogP contribution in [0.1, 0.15) is 47.3 Å². The van der Waals surface area contributed by atoms with Crippen molar-refractivity contribution < 1.29 is 31.9 Å². The maximum atomic E-state index is 14.1. The number of hydrogen-bond acceptors (Lipinski definition) is 3. The number of likely N-dealkylation sites (tertiary alicyclic amines) is 1. The van der Waals surface area contributed by atoms with Crippen LogP contribution in [0.2, 0.25) is 0 Å². The monoisotopic (exact) mass is 406 g/mol. The van der Waals surface area contributed by atoms with Crippen molar-refractivity contribution in [2.75, 3.05) is 19.7 Å². The summed E-state index contributed by atoms with van der Waals surface area (Å²) in [5.41, 5.74) is -0.758. The van der Waals surface area contributed by atoms with Crippen molar-refractivity contribution in [1.29, 1.82) is 0 Å². The molecule has 4 nitrogen and oxygen atoms in total. The van der Waals surface area contributed by atoms with Gasteiger partial charge in [-0.05, 0) is 50.1 Å². The van der Waals surface area contributed by atoms with Crippen molar-refractivity contribution >= 4 is 5.91 Å². The minimum absolute atomic E-state index is 0.00414. The molecule has 1 saturated heterocycles. The number of aliphatic hydroxyl groups is 1.